The van der Waals surface area contributed by atoms with E-state index in [1.165, 1.54) is 4.68 Å². The quantitative estimate of drug-likeness (QED) is 0.506. The Hall–Kier alpha value is -3.74. The molecule has 4 aromatic rings. The maximum atomic E-state index is 13.3. The standard InChI is InChI=1S/C25H27N5O2/c1-5-21(24(31)26-15-19-13-11-16(2)12-14-19)30-25(32)23-22(17(3)27-30)18(4)29(28-23)20-9-7-6-8-10-20/h6-14,21H,5,15H2,1-4H3,(H,26,31)/t21-/m0/s1. The summed E-state index contributed by atoms with van der Waals surface area (Å²) in [6, 6.07) is 16.9. The van der Waals surface area contributed by atoms with E-state index in [2.05, 4.69) is 15.5 Å². The molecule has 0 unspecified atom stereocenters. The summed E-state index contributed by atoms with van der Waals surface area (Å²) >= 11 is 0. The van der Waals surface area contributed by atoms with Crippen molar-refractivity contribution < 1.29 is 4.79 Å². The van der Waals surface area contributed by atoms with Crippen LogP contribution in [0.4, 0.5) is 0 Å². The van der Waals surface area contributed by atoms with E-state index in [1.807, 2.05) is 82.3 Å². The van der Waals surface area contributed by atoms with Crippen LogP contribution in [0.1, 0.15) is 41.9 Å². The van der Waals surface area contributed by atoms with Gasteiger partial charge in [0.2, 0.25) is 5.91 Å². The molecule has 1 amide bonds. The van der Waals surface area contributed by atoms with Gasteiger partial charge in [0.25, 0.3) is 5.56 Å². The van der Waals surface area contributed by atoms with Gasteiger partial charge in [-0.2, -0.15) is 10.2 Å². The minimum absolute atomic E-state index is 0.236. The zero-order chi connectivity index (χ0) is 22.8. The number of rotatable bonds is 6. The first-order chi connectivity index (χ1) is 15.4. The summed E-state index contributed by atoms with van der Waals surface area (Å²) in [7, 11) is 0. The van der Waals surface area contributed by atoms with Crippen LogP contribution in [0.25, 0.3) is 16.6 Å². The number of aryl methyl sites for hydroxylation is 3. The molecule has 0 radical (unpaired) electrons. The SMILES string of the molecule is CC[C@@H](C(=O)NCc1ccc(C)cc1)n1nc(C)c2c(C)n(-c3ccccc3)nc2c1=O. The fraction of sp³-hybridized carbons (Fsp3) is 0.280. The third-order valence-corrected chi connectivity index (χ3v) is 5.72. The molecule has 0 bridgehead atoms. The number of benzene rings is 2. The Bertz CT molecular complexity index is 1320. The molecule has 32 heavy (non-hydrogen) atoms. The normalized spacial score (nSPS) is 12.1. The smallest absolute Gasteiger partial charge is 0.295 e. The Morgan fingerprint density at radius 2 is 1.69 bits per heavy atom. The van der Waals surface area contributed by atoms with Gasteiger partial charge in [0.15, 0.2) is 5.52 Å². The third kappa shape index (κ3) is 3.93. The zero-order valence-corrected chi connectivity index (χ0v) is 18.8. The molecule has 0 aliphatic rings. The van der Waals surface area contributed by atoms with Crippen LogP contribution in [0.5, 0.6) is 0 Å². The lowest BCUT2D eigenvalue weighted by Gasteiger charge is -2.17. The van der Waals surface area contributed by atoms with E-state index in [4.69, 9.17) is 0 Å². The second kappa shape index (κ2) is 8.78. The number of para-hydroxylation sites is 1. The van der Waals surface area contributed by atoms with E-state index in [9.17, 15) is 9.59 Å². The summed E-state index contributed by atoms with van der Waals surface area (Å²) in [6.07, 6.45) is 0.440. The average Bonchev–Trinajstić information content (AvgIpc) is 3.15. The Morgan fingerprint density at radius 1 is 1.00 bits per heavy atom. The van der Waals surface area contributed by atoms with Gasteiger partial charge >= 0.3 is 0 Å². The molecule has 0 aliphatic heterocycles. The Labute approximate surface area is 186 Å². The second-order valence-corrected chi connectivity index (χ2v) is 8.02. The number of hydrogen-bond donors (Lipinski definition) is 1. The lowest BCUT2D eigenvalue weighted by Crippen LogP contribution is -2.38. The number of carbonyl (C=O) groups excluding carboxylic acids is 1. The van der Waals surface area contributed by atoms with Gasteiger partial charge in [-0.3, -0.25) is 9.59 Å². The van der Waals surface area contributed by atoms with Crippen LogP contribution in [0.2, 0.25) is 0 Å². The van der Waals surface area contributed by atoms with Crippen molar-refractivity contribution in [3.8, 4) is 5.69 Å². The van der Waals surface area contributed by atoms with Gasteiger partial charge in [-0.15, -0.1) is 0 Å². The highest BCUT2D eigenvalue weighted by atomic mass is 16.2. The van der Waals surface area contributed by atoms with Gasteiger partial charge in [0.05, 0.1) is 22.5 Å². The van der Waals surface area contributed by atoms with Gasteiger partial charge < -0.3 is 5.32 Å². The van der Waals surface area contributed by atoms with Crippen molar-refractivity contribution >= 4 is 16.8 Å². The largest absolute Gasteiger partial charge is 0.350 e. The van der Waals surface area contributed by atoms with Crippen LogP contribution >= 0.6 is 0 Å². The number of aromatic nitrogens is 4. The molecule has 7 nitrogen and oxygen atoms in total. The molecule has 7 heteroatoms. The van der Waals surface area contributed by atoms with Crippen LogP contribution in [0.15, 0.2) is 59.4 Å². The number of hydrogen-bond acceptors (Lipinski definition) is 4. The molecule has 1 atom stereocenters. The lowest BCUT2D eigenvalue weighted by atomic mass is 10.1. The van der Waals surface area contributed by atoms with Crippen LogP contribution in [0, 0.1) is 20.8 Å². The molecule has 0 aliphatic carbocycles. The van der Waals surface area contributed by atoms with E-state index < -0.39 is 6.04 Å². The molecule has 0 spiro atoms. The van der Waals surface area contributed by atoms with Crippen molar-refractivity contribution in [1.82, 2.24) is 24.9 Å². The summed E-state index contributed by atoms with van der Waals surface area (Å²) in [5.74, 6) is -0.236. The zero-order valence-electron chi connectivity index (χ0n) is 18.8. The molecule has 2 aromatic carbocycles. The number of fused-ring (bicyclic) bond motifs is 1. The van der Waals surface area contributed by atoms with Crippen molar-refractivity contribution in [2.24, 2.45) is 0 Å². The molecule has 1 N–H and O–H groups in total. The van der Waals surface area contributed by atoms with Crippen molar-refractivity contribution in [3.63, 3.8) is 0 Å². The third-order valence-electron chi connectivity index (χ3n) is 5.72. The fourth-order valence-electron chi connectivity index (χ4n) is 3.96. The Morgan fingerprint density at radius 3 is 2.34 bits per heavy atom. The highest BCUT2D eigenvalue weighted by Crippen LogP contribution is 2.22. The predicted octanol–water partition coefficient (Wildman–Crippen LogP) is 3.77. The van der Waals surface area contributed by atoms with E-state index in [0.29, 0.717) is 24.2 Å². The number of nitrogens with one attached hydrogen (secondary N) is 1. The highest BCUT2D eigenvalue weighted by Gasteiger charge is 2.25. The molecule has 0 fully saturated rings. The summed E-state index contributed by atoms with van der Waals surface area (Å²) in [6.45, 7) is 8.06. The first-order valence-electron chi connectivity index (χ1n) is 10.8. The molecular weight excluding hydrogens is 402 g/mol. The van der Waals surface area contributed by atoms with Crippen molar-refractivity contribution in [1.29, 1.82) is 0 Å². The van der Waals surface area contributed by atoms with Crippen LogP contribution in [-0.4, -0.2) is 25.5 Å². The van der Waals surface area contributed by atoms with E-state index in [1.54, 1.807) is 4.68 Å². The highest BCUT2D eigenvalue weighted by molar-refractivity contribution is 5.84. The lowest BCUT2D eigenvalue weighted by molar-refractivity contribution is -0.125. The van der Waals surface area contributed by atoms with E-state index >= 15 is 0 Å². The first-order valence-corrected chi connectivity index (χ1v) is 10.8. The van der Waals surface area contributed by atoms with Crippen LogP contribution < -0.4 is 10.9 Å². The maximum Gasteiger partial charge on any atom is 0.295 e. The first kappa shape index (κ1) is 21.5. The molecule has 0 saturated heterocycles. The van der Waals surface area contributed by atoms with Crippen LogP contribution in [0.3, 0.4) is 0 Å². The molecule has 2 aromatic heterocycles. The molecule has 2 heterocycles. The van der Waals surface area contributed by atoms with E-state index in [0.717, 1.165) is 27.9 Å². The predicted molar refractivity (Wildman–Crippen MR) is 125 cm³/mol. The monoisotopic (exact) mass is 429 g/mol. The van der Waals surface area contributed by atoms with Gasteiger partial charge in [0, 0.05) is 6.54 Å². The van der Waals surface area contributed by atoms with Gasteiger partial charge in [-0.1, -0.05) is 55.0 Å². The fourth-order valence-corrected chi connectivity index (χ4v) is 3.96. The molecule has 4 rings (SSSR count). The van der Waals surface area contributed by atoms with Crippen molar-refractivity contribution in [2.45, 2.75) is 46.7 Å². The van der Waals surface area contributed by atoms with Crippen molar-refractivity contribution in [3.05, 3.63) is 87.5 Å². The number of nitrogens with zero attached hydrogens (tertiary/aromatic N) is 4. The Balaban J connectivity index is 1.69. The van der Waals surface area contributed by atoms with Crippen molar-refractivity contribution in [2.75, 3.05) is 0 Å². The minimum atomic E-state index is -0.710. The number of carbonyl (C=O) groups is 1. The minimum Gasteiger partial charge on any atom is -0.350 e. The van der Waals surface area contributed by atoms with Gasteiger partial charge in [-0.25, -0.2) is 9.36 Å². The van der Waals surface area contributed by atoms with E-state index in [-0.39, 0.29) is 11.5 Å². The second-order valence-electron chi connectivity index (χ2n) is 8.02. The summed E-state index contributed by atoms with van der Waals surface area (Å²) < 4.78 is 3.04. The van der Waals surface area contributed by atoms with Crippen LogP contribution in [-0.2, 0) is 11.3 Å². The van der Waals surface area contributed by atoms with Gasteiger partial charge in [-0.05, 0) is 44.9 Å². The summed E-state index contributed by atoms with van der Waals surface area (Å²) in [4.78, 5) is 26.3. The molecule has 164 valence electrons. The summed E-state index contributed by atoms with van der Waals surface area (Å²) in [5.41, 5.74) is 4.51. The average molecular weight is 430 g/mol. The number of amides is 1. The Kier molecular flexibility index (Phi) is 5.90. The summed E-state index contributed by atoms with van der Waals surface area (Å²) in [5, 5.41) is 12.8. The molecule has 0 saturated carbocycles. The molecular formula is C25H27N5O2. The topological polar surface area (TPSA) is 81.8 Å². The maximum absolute atomic E-state index is 13.3. The van der Waals surface area contributed by atoms with Gasteiger partial charge in [0.1, 0.15) is 6.04 Å².